The van der Waals surface area contributed by atoms with Gasteiger partial charge in [-0.15, -0.1) is 0 Å². The predicted octanol–water partition coefficient (Wildman–Crippen LogP) is 1.45. The molecule has 2 aliphatic rings. The van der Waals surface area contributed by atoms with E-state index in [-0.39, 0.29) is 18.1 Å². The van der Waals surface area contributed by atoms with Gasteiger partial charge in [-0.2, -0.15) is 0 Å². The fourth-order valence-electron chi connectivity index (χ4n) is 3.38. The van der Waals surface area contributed by atoms with Crippen LogP contribution in [0.5, 0.6) is 0 Å². The molecule has 2 N–H and O–H groups in total. The van der Waals surface area contributed by atoms with Crippen molar-refractivity contribution in [1.82, 2.24) is 9.88 Å². The Kier molecular flexibility index (Phi) is 4.39. The van der Waals surface area contributed by atoms with Crippen molar-refractivity contribution in [2.45, 2.75) is 25.0 Å². The molecular weight excluding hydrogens is 324 g/mol. The van der Waals surface area contributed by atoms with Crippen LogP contribution >= 0.6 is 11.3 Å². The van der Waals surface area contributed by atoms with Crippen molar-refractivity contribution in [3.63, 3.8) is 0 Å². The van der Waals surface area contributed by atoms with Crippen molar-refractivity contribution in [2.75, 3.05) is 37.6 Å². The van der Waals surface area contributed by atoms with Gasteiger partial charge in [-0.25, -0.2) is 4.98 Å². The van der Waals surface area contributed by atoms with E-state index in [9.17, 15) is 4.79 Å². The molecule has 0 saturated carbocycles. The standard InChI is InChI=1S/C17H22N4O2S/c18-11-12-5-6-14(23-12)16(22)20-7-9-21(10-8-20)17-19-13-3-1-2-4-15(13)24-17/h1-4,12,14H,5-11,18H2/t12-,14+/m1/s1. The van der Waals surface area contributed by atoms with Gasteiger partial charge >= 0.3 is 0 Å². The molecule has 0 aliphatic carbocycles. The highest BCUT2D eigenvalue weighted by molar-refractivity contribution is 7.22. The zero-order valence-electron chi connectivity index (χ0n) is 13.6. The molecule has 0 bridgehead atoms. The monoisotopic (exact) mass is 346 g/mol. The molecule has 0 radical (unpaired) electrons. The van der Waals surface area contributed by atoms with E-state index < -0.39 is 0 Å². The highest BCUT2D eigenvalue weighted by Crippen LogP contribution is 2.29. The van der Waals surface area contributed by atoms with E-state index in [1.807, 2.05) is 23.1 Å². The van der Waals surface area contributed by atoms with Gasteiger partial charge in [-0.05, 0) is 25.0 Å². The lowest BCUT2D eigenvalue weighted by Gasteiger charge is -2.35. The lowest BCUT2D eigenvalue weighted by molar-refractivity contribution is -0.143. The van der Waals surface area contributed by atoms with Crippen molar-refractivity contribution < 1.29 is 9.53 Å². The van der Waals surface area contributed by atoms with Crippen LogP contribution in [0.3, 0.4) is 0 Å². The Morgan fingerprint density at radius 1 is 1.25 bits per heavy atom. The minimum atomic E-state index is -0.299. The van der Waals surface area contributed by atoms with Gasteiger partial charge in [0.25, 0.3) is 5.91 Å². The van der Waals surface area contributed by atoms with Crippen LogP contribution in [0.2, 0.25) is 0 Å². The van der Waals surface area contributed by atoms with Crippen molar-refractivity contribution in [1.29, 1.82) is 0 Å². The van der Waals surface area contributed by atoms with Crippen LogP contribution in [0.25, 0.3) is 10.2 Å². The van der Waals surface area contributed by atoms with E-state index in [0.717, 1.165) is 49.7 Å². The topological polar surface area (TPSA) is 71.7 Å². The largest absolute Gasteiger partial charge is 0.364 e. The first-order valence-corrected chi connectivity index (χ1v) is 9.31. The van der Waals surface area contributed by atoms with Gasteiger partial charge in [0.2, 0.25) is 0 Å². The van der Waals surface area contributed by atoms with E-state index in [4.69, 9.17) is 15.5 Å². The molecule has 7 heteroatoms. The van der Waals surface area contributed by atoms with Gasteiger partial charge in [0.05, 0.1) is 16.3 Å². The third-order valence-electron chi connectivity index (χ3n) is 4.79. The first kappa shape index (κ1) is 15.8. The summed E-state index contributed by atoms with van der Waals surface area (Å²) in [6, 6.07) is 8.19. The number of carbonyl (C=O) groups excluding carboxylic acids is 1. The van der Waals surface area contributed by atoms with E-state index in [1.165, 1.54) is 4.70 Å². The molecule has 1 aromatic carbocycles. The summed E-state index contributed by atoms with van der Waals surface area (Å²) in [5.41, 5.74) is 6.67. The first-order valence-electron chi connectivity index (χ1n) is 8.49. The molecule has 2 fully saturated rings. The SMILES string of the molecule is NC[C@H]1CC[C@@H](C(=O)N2CCN(c3nc4ccccc4s3)CC2)O1. The van der Waals surface area contributed by atoms with Gasteiger partial charge in [-0.3, -0.25) is 4.79 Å². The maximum atomic E-state index is 12.6. The molecule has 2 saturated heterocycles. The predicted molar refractivity (Wildman–Crippen MR) is 95.4 cm³/mol. The number of ether oxygens (including phenoxy) is 1. The third-order valence-corrected chi connectivity index (χ3v) is 5.89. The summed E-state index contributed by atoms with van der Waals surface area (Å²) in [7, 11) is 0. The normalized spacial score (nSPS) is 24.7. The number of nitrogens with two attached hydrogens (primary N) is 1. The van der Waals surface area contributed by atoms with Crippen LogP contribution in [0.4, 0.5) is 5.13 Å². The average molecular weight is 346 g/mol. The molecule has 1 aromatic heterocycles. The van der Waals surface area contributed by atoms with Crippen LogP contribution in [0, 0.1) is 0 Å². The first-order chi connectivity index (χ1) is 11.7. The number of benzene rings is 1. The van der Waals surface area contributed by atoms with Gasteiger partial charge < -0.3 is 20.3 Å². The highest BCUT2D eigenvalue weighted by Gasteiger charge is 2.34. The van der Waals surface area contributed by atoms with Gasteiger partial charge in [-0.1, -0.05) is 23.5 Å². The van der Waals surface area contributed by atoms with Gasteiger partial charge in [0.15, 0.2) is 5.13 Å². The summed E-state index contributed by atoms with van der Waals surface area (Å²) in [5.74, 6) is 0.120. The molecule has 2 atom stereocenters. The second kappa shape index (κ2) is 6.66. The van der Waals surface area contributed by atoms with E-state index in [2.05, 4.69) is 11.0 Å². The molecule has 0 unspecified atom stereocenters. The Morgan fingerprint density at radius 2 is 2.04 bits per heavy atom. The molecule has 24 heavy (non-hydrogen) atoms. The van der Waals surface area contributed by atoms with Crippen LogP contribution < -0.4 is 10.6 Å². The Hall–Kier alpha value is -1.70. The van der Waals surface area contributed by atoms with E-state index >= 15 is 0 Å². The Bertz CT molecular complexity index is 693. The summed E-state index contributed by atoms with van der Waals surface area (Å²) < 4.78 is 6.94. The molecule has 4 rings (SSSR count). The lowest BCUT2D eigenvalue weighted by Crippen LogP contribution is -2.51. The second-order valence-electron chi connectivity index (χ2n) is 6.34. The number of anilines is 1. The number of fused-ring (bicyclic) bond motifs is 1. The Balaban J connectivity index is 1.37. The fraction of sp³-hybridized carbons (Fsp3) is 0.529. The zero-order valence-corrected chi connectivity index (χ0v) is 14.4. The van der Waals surface area contributed by atoms with Crippen LogP contribution in [-0.2, 0) is 9.53 Å². The number of hydrogen-bond donors (Lipinski definition) is 1. The van der Waals surface area contributed by atoms with Gasteiger partial charge in [0.1, 0.15) is 6.10 Å². The summed E-state index contributed by atoms with van der Waals surface area (Å²) in [4.78, 5) is 21.5. The van der Waals surface area contributed by atoms with Crippen molar-refractivity contribution >= 4 is 32.6 Å². The molecule has 3 heterocycles. The Labute approximate surface area is 145 Å². The van der Waals surface area contributed by atoms with Gasteiger partial charge in [0, 0.05) is 32.7 Å². The van der Waals surface area contributed by atoms with Crippen LogP contribution in [-0.4, -0.2) is 60.7 Å². The summed E-state index contributed by atoms with van der Waals surface area (Å²) >= 11 is 1.71. The van der Waals surface area contributed by atoms with Crippen LogP contribution in [0.15, 0.2) is 24.3 Å². The minimum Gasteiger partial charge on any atom is -0.364 e. The number of nitrogens with zero attached hydrogens (tertiary/aromatic N) is 3. The molecule has 0 spiro atoms. The molecule has 2 aromatic rings. The van der Waals surface area contributed by atoms with Crippen LogP contribution in [0.1, 0.15) is 12.8 Å². The highest BCUT2D eigenvalue weighted by atomic mass is 32.1. The smallest absolute Gasteiger partial charge is 0.251 e. The molecular formula is C17H22N4O2S. The number of carbonyl (C=O) groups is 1. The minimum absolute atomic E-state index is 0.0444. The second-order valence-corrected chi connectivity index (χ2v) is 7.35. The number of amides is 1. The van der Waals surface area contributed by atoms with Crippen molar-refractivity contribution in [3.05, 3.63) is 24.3 Å². The van der Waals surface area contributed by atoms with Crippen molar-refractivity contribution in [2.24, 2.45) is 5.73 Å². The summed E-state index contributed by atoms with van der Waals surface area (Å²) in [5, 5.41) is 1.05. The number of rotatable bonds is 3. The van der Waals surface area contributed by atoms with E-state index in [1.54, 1.807) is 11.3 Å². The maximum Gasteiger partial charge on any atom is 0.251 e. The molecule has 2 aliphatic heterocycles. The van der Waals surface area contributed by atoms with E-state index in [0.29, 0.717) is 6.54 Å². The number of thiazole rings is 1. The molecule has 128 valence electrons. The third kappa shape index (κ3) is 2.99. The maximum absolute atomic E-state index is 12.6. The molecule has 1 amide bonds. The average Bonchev–Trinajstić information content (AvgIpc) is 3.28. The Morgan fingerprint density at radius 3 is 2.75 bits per heavy atom. The lowest BCUT2D eigenvalue weighted by atomic mass is 10.1. The zero-order chi connectivity index (χ0) is 16.5. The number of piperazine rings is 1. The summed E-state index contributed by atoms with van der Waals surface area (Å²) in [6.07, 6.45) is 1.42. The summed E-state index contributed by atoms with van der Waals surface area (Å²) in [6.45, 7) is 3.58. The fourth-order valence-corrected chi connectivity index (χ4v) is 4.40. The number of para-hydroxylation sites is 1. The quantitative estimate of drug-likeness (QED) is 0.911. The number of aromatic nitrogens is 1. The molecule has 6 nitrogen and oxygen atoms in total. The van der Waals surface area contributed by atoms with Crippen molar-refractivity contribution in [3.8, 4) is 0 Å². The number of hydrogen-bond acceptors (Lipinski definition) is 6.